The zero-order valence-electron chi connectivity index (χ0n) is 18.4. The maximum absolute atomic E-state index is 13.3. The van der Waals surface area contributed by atoms with Gasteiger partial charge in [0.15, 0.2) is 0 Å². The van der Waals surface area contributed by atoms with Gasteiger partial charge in [0.05, 0.1) is 5.56 Å². The van der Waals surface area contributed by atoms with Crippen LogP contribution in [0, 0.1) is 27.7 Å². The van der Waals surface area contributed by atoms with Gasteiger partial charge in [-0.1, -0.05) is 29.5 Å². The fourth-order valence-electron chi connectivity index (χ4n) is 3.82. The number of benzene rings is 1. The fourth-order valence-corrected chi connectivity index (χ4v) is 4.76. The lowest BCUT2D eigenvalue weighted by Crippen LogP contribution is -2.49. The Morgan fingerprint density at radius 3 is 2.45 bits per heavy atom. The molecule has 0 N–H and O–H groups in total. The number of carbonyl (C=O) groups excluding carboxylic acids is 1. The third-order valence-electron chi connectivity index (χ3n) is 5.38. The molecule has 1 saturated heterocycles. The molecular formula is C24H27N5OS. The van der Waals surface area contributed by atoms with E-state index in [1.165, 1.54) is 11.1 Å². The van der Waals surface area contributed by atoms with Gasteiger partial charge in [0, 0.05) is 49.0 Å². The molecule has 3 aromatic rings. The highest BCUT2D eigenvalue weighted by atomic mass is 32.2. The zero-order valence-corrected chi connectivity index (χ0v) is 19.2. The van der Waals surface area contributed by atoms with E-state index in [0.29, 0.717) is 18.7 Å². The van der Waals surface area contributed by atoms with Crippen LogP contribution in [0.25, 0.3) is 0 Å². The average Bonchev–Trinajstić information content (AvgIpc) is 2.75. The van der Waals surface area contributed by atoms with Crippen LogP contribution in [0.4, 0.5) is 5.82 Å². The Morgan fingerprint density at radius 1 is 0.968 bits per heavy atom. The molecule has 7 heteroatoms. The quantitative estimate of drug-likeness (QED) is 0.614. The predicted octanol–water partition coefficient (Wildman–Crippen LogP) is 4.22. The van der Waals surface area contributed by atoms with Crippen molar-refractivity contribution in [3.05, 3.63) is 70.8 Å². The Morgan fingerprint density at radius 2 is 1.74 bits per heavy atom. The number of rotatable bonds is 4. The van der Waals surface area contributed by atoms with Crippen LogP contribution in [0.3, 0.4) is 0 Å². The zero-order chi connectivity index (χ0) is 22.0. The van der Waals surface area contributed by atoms with Crippen molar-refractivity contribution in [2.75, 3.05) is 31.1 Å². The van der Waals surface area contributed by atoms with Crippen LogP contribution >= 0.6 is 11.8 Å². The van der Waals surface area contributed by atoms with E-state index in [0.717, 1.165) is 40.3 Å². The molecule has 0 radical (unpaired) electrons. The van der Waals surface area contributed by atoms with E-state index in [2.05, 4.69) is 51.9 Å². The molecule has 0 bridgehead atoms. The van der Waals surface area contributed by atoms with Crippen LogP contribution in [0.5, 0.6) is 0 Å². The third-order valence-corrected chi connectivity index (χ3v) is 6.58. The molecule has 0 saturated carbocycles. The second kappa shape index (κ2) is 9.06. The van der Waals surface area contributed by atoms with Crippen molar-refractivity contribution in [1.82, 2.24) is 19.9 Å². The molecule has 0 atom stereocenters. The lowest BCUT2D eigenvalue weighted by Gasteiger charge is -2.35. The Balaban J connectivity index is 1.48. The monoisotopic (exact) mass is 433 g/mol. The Labute approximate surface area is 187 Å². The Bertz CT molecular complexity index is 1090. The average molecular weight is 434 g/mol. The molecular weight excluding hydrogens is 406 g/mol. The summed E-state index contributed by atoms with van der Waals surface area (Å²) in [4.78, 5) is 32.0. The van der Waals surface area contributed by atoms with Crippen LogP contribution in [0.15, 0.2) is 52.5 Å². The van der Waals surface area contributed by atoms with Gasteiger partial charge in [-0.2, -0.15) is 0 Å². The first-order chi connectivity index (χ1) is 14.9. The number of nitrogens with zero attached hydrogens (tertiary/aromatic N) is 5. The van der Waals surface area contributed by atoms with Crippen LogP contribution < -0.4 is 4.90 Å². The van der Waals surface area contributed by atoms with Crippen LogP contribution in [-0.2, 0) is 0 Å². The van der Waals surface area contributed by atoms with Crippen molar-refractivity contribution in [1.29, 1.82) is 0 Å². The van der Waals surface area contributed by atoms with Crippen molar-refractivity contribution in [3.63, 3.8) is 0 Å². The van der Waals surface area contributed by atoms with Gasteiger partial charge >= 0.3 is 0 Å². The molecule has 31 heavy (non-hydrogen) atoms. The fraction of sp³-hybridized carbons (Fsp3) is 0.333. The van der Waals surface area contributed by atoms with Crippen molar-refractivity contribution >= 4 is 23.5 Å². The van der Waals surface area contributed by atoms with Crippen LogP contribution in [0.1, 0.15) is 33.0 Å². The lowest BCUT2D eigenvalue weighted by molar-refractivity contribution is 0.0742. The summed E-state index contributed by atoms with van der Waals surface area (Å²) in [6, 6.07) is 12.1. The SMILES string of the molecule is Cc1ccc(Sc2ncccc2C(=O)N2CCN(c3cc(C)nc(C)n3)CC2)c(C)c1. The molecule has 0 unspecified atom stereocenters. The minimum Gasteiger partial charge on any atom is -0.353 e. The molecule has 1 aromatic carbocycles. The number of aromatic nitrogens is 3. The molecule has 4 rings (SSSR count). The Hall–Kier alpha value is -2.93. The van der Waals surface area contributed by atoms with Gasteiger partial charge in [-0.05, 0) is 51.5 Å². The molecule has 0 spiro atoms. The standard InChI is InChI=1S/C24H27N5OS/c1-16-7-8-21(17(2)14-16)31-23-20(6-5-9-25-23)24(30)29-12-10-28(11-13-29)22-15-18(3)26-19(4)27-22/h5-9,14-15H,10-13H2,1-4H3. The van der Waals surface area contributed by atoms with E-state index in [1.54, 1.807) is 18.0 Å². The van der Waals surface area contributed by atoms with Gasteiger partial charge < -0.3 is 9.80 Å². The first-order valence-corrected chi connectivity index (χ1v) is 11.3. The van der Waals surface area contributed by atoms with Crippen molar-refractivity contribution in [2.24, 2.45) is 0 Å². The normalized spacial score (nSPS) is 14.1. The number of pyridine rings is 1. The van der Waals surface area contributed by atoms with Crippen molar-refractivity contribution < 1.29 is 4.79 Å². The number of piperazine rings is 1. The molecule has 3 heterocycles. The van der Waals surface area contributed by atoms with Gasteiger partial charge in [-0.15, -0.1) is 0 Å². The van der Waals surface area contributed by atoms with Gasteiger partial charge in [-0.25, -0.2) is 15.0 Å². The highest BCUT2D eigenvalue weighted by Gasteiger charge is 2.25. The number of hydrogen-bond donors (Lipinski definition) is 0. The molecule has 1 aliphatic rings. The van der Waals surface area contributed by atoms with Crippen molar-refractivity contribution in [3.8, 4) is 0 Å². The second-order valence-electron chi connectivity index (χ2n) is 7.92. The van der Waals surface area contributed by atoms with E-state index < -0.39 is 0 Å². The van der Waals surface area contributed by atoms with E-state index >= 15 is 0 Å². The number of carbonyl (C=O) groups is 1. The van der Waals surface area contributed by atoms with Gasteiger partial charge in [0.1, 0.15) is 16.7 Å². The van der Waals surface area contributed by atoms with E-state index in [9.17, 15) is 4.79 Å². The third kappa shape index (κ3) is 4.88. The highest BCUT2D eigenvalue weighted by molar-refractivity contribution is 7.99. The maximum atomic E-state index is 13.3. The minimum atomic E-state index is 0.0371. The number of aryl methyl sites for hydroxylation is 4. The molecule has 1 aliphatic heterocycles. The first kappa shape index (κ1) is 21.3. The van der Waals surface area contributed by atoms with E-state index in [1.807, 2.05) is 36.9 Å². The van der Waals surface area contributed by atoms with E-state index in [4.69, 9.17) is 0 Å². The summed E-state index contributed by atoms with van der Waals surface area (Å²) in [6.45, 7) is 10.9. The Kier molecular flexibility index (Phi) is 6.23. The maximum Gasteiger partial charge on any atom is 0.256 e. The smallest absolute Gasteiger partial charge is 0.256 e. The molecule has 6 nitrogen and oxygen atoms in total. The van der Waals surface area contributed by atoms with Crippen molar-refractivity contribution in [2.45, 2.75) is 37.6 Å². The largest absolute Gasteiger partial charge is 0.353 e. The lowest BCUT2D eigenvalue weighted by atomic mass is 10.2. The van der Waals surface area contributed by atoms with E-state index in [-0.39, 0.29) is 5.91 Å². The number of hydrogen-bond acceptors (Lipinski definition) is 6. The summed E-state index contributed by atoms with van der Waals surface area (Å²) in [5.41, 5.74) is 4.04. The van der Waals surface area contributed by atoms with Crippen LogP contribution in [0.2, 0.25) is 0 Å². The van der Waals surface area contributed by atoms with Crippen LogP contribution in [-0.4, -0.2) is 51.9 Å². The topological polar surface area (TPSA) is 62.2 Å². The number of amides is 1. The molecule has 160 valence electrons. The molecule has 0 aliphatic carbocycles. The predicted molar refractivity (Wildman–Crippen MR) is 124 cm³/mol. The first-order valence-electron chi connectivity index (χ1n) is 10.5. The van der Waals surface area contributed by atoms with Gasteiger partial charge in [0.2, 0.25) is 0 Å². The summed E-state index contributed by atoms with van der Waals surface area (Å²) < 4.78 is 0. The second-order valence-corrected chi connectivity index (χ2v) is 8.95. The number of anilines is 1. The summed E-state index contributed by atoms with van der Waals surface area (Å²) in [6.07, 6.45) is 1.75. The summed E-state index contributed by atoms with van der Waals surface area (Å²) in [7, 11) is 0. The molecule has 2 aromatic heterocycles. The van der Waals surface area contributed by atoms with Gasteiger partial charge in [0.25, 0.3) is 5.91 Å². The summed E-state index contributed by atoms with van der Waals surface area (Å²) >= 11 is 1.56. The molecule has 1 fully saturated rings. The van der Waals surface area contributed by atoms with Gasteiger partial charge in [-0.3, -0.25) is 4.79 Å². The minimum absolute atomic E-state index is 0.0371. The summed E-state index contributed by atoms with van der Waals surface area (Å²) in [5.74, 6) is 1.75. The summed E-state index contributed by atoms with van der Waals surface area (Å²) in [5, 5.41) is 0.754. The molecule has 1 amide bonds. The highest BCUT2D eigenvalue weighted by Crippen LogP contribution is 2.32.